The molecule has 0 saturated carbocycles. The summed E-state index contributed by atoms with van der Waals surface area (Å²) in [5, 5.41) is 3.34. The summed E-state index contributed by atoms with van der Waals surface area (Å²) in [6.45, 7) is 0.814. The maximum atomic E-state index is 5.35. The first-order valence-corrected chi connectivity index (χ1v) is 5.23. The molecule has 2 aromatic carbocycles. The van der Waals surface area contributed by atoms with E-state index in [-0.39, 0.29) is 0 Å². The van der Waals surface area contributed by atoms with Crippen molar-refractivity contribution in [3.05, 3.63) is 65.7 Å². The maximum absolute atomic E-state index is 5.35. The Labute approximate surface area is 96.1 Å². The van der Waals surface area contributed by atoms with Crippen LogP contribution in [0.1, 0.15) is 11.1 Å². The van der Waals surface area contributed by atoms with Gasteiger partial charge in [0, 0.05) is 17.8 Å². The molecule has 2 aromatic rings. The number of hydrogen-bond acceptors (Lipinski definition) is 1. The fraction of sp³-hybridized carbons (Fsp3) is 0.0667. The molecule has 1 heteroatoms. The van der Waals surface area contributed by atoms with Crippen LogP contribution < -0.4 is 5.32 Å². The van der Waals surface area contributed by atoms with Gasteiger partial charge in [-0.3, -0.25) is 0 Å². The fourth-order valence-corrected chi connectivity index (χ4v) is 1.52. The van der Waals surface area contributed by atoms with Gasteiger partial charge in [-0.15, -0.1) is 6.42 Å². The normalized spacial score (nSPS) is 9.44. The summed E-state index contributed by atoms with van der Waals surface area (Å²) in [5.41, 5.74) is 3.21. The Morgan fingerprint density at radius 1 is 1.00 bits per heavy atom. The molecular formula is C15H13N. The van der Waals surface area contributed by atoms with Gasteiger partial charge < -0.3 is 5.32 Å². The van der Waals surface area contributed by atoms with Gasteiger partial charge in [-0.05, 0) is 23.8 Å². The van der Waals surface area contributed by atoms with Crippen molar-refractivity contribution in [2.75, 3.05) is 5.32 Å². The molecule has 0 fully saturated rings. The van der Waals surface area contributed by atoms with Crippen molar-refractivity contribution in [2.45, 2.75) is 6.54 Å². The Morgan fingerprint density at radius 2 is 1.81 bits per heavy atom. The summed E-state index contributed by atoms with van der Waals surface area (Å²) in [6.07, 6.45) is 5.35. The number of nitrogens with one attached hydrogen (secondary N) is 1. The van der Waals surface area contributed by atoms with Crippen molar-refractivity contribution in [3.63, 3.8) is 0 Å². The van der Waals surface area contributed by atoms with Crippen molar-refractivity contribution < 1.29 is 0 Å². The molecule has 0 unspecified atom stereocenters. The lowest BCUT2D eigenvalue weighted by atomic mass is 10.2. The first-order chi connectivity index (χ1) is 7.88. The summed E-state index contributed by atoms with van der Waals surface area (Å²) in [7, 11) is 0. The molecule has 0 spiro atoms. The van der Waals surface area contributed by atoms with Crippen molar-refractivity contribution in [2.24, 2.45) is 0 Å². The minimum atomic E-state index is 0.814. The van der Waals surface area contributed by atoms with Crippen molar-refractivity contribution in [1.82, 2.24) is 0 Å². The number of rotatable bonds is 3. The second-order valence-corrected chi connectivity index (χ2v) is 3.56. The van der Waals surface area contributed by atoms with Crippen molar-refractivity contribution in [1.29, 1.82) is 0 Å². The van der Waals surface area contributed by atoms with Crippen LogP contribution in [-0.2, 0) is 6.54 Å². The third-order valence-corrected chi connectivity index (χ3v) is 2.37. The van der Waals surface area contributed by atoms with E-state index in [1.807, 2.05) is 42.5 Å². The molecule has 0 aliphatic heterocycles. The molecular weight excluding hydrogens is 194 g/mol. The average molecular weight is 207 g/mol. The van der Waals surface area contributed by atoms with Crippen LogP contribution in [0.2, 0.25) is 0 Å². The van der Waals surface area contributed by atoms with E-state index in [1.165, 1.54) is 5.56 Å². The maximum Gasteiger partial charge on any atom is 0.0400 e. The van der Waals surface area contributed by atoms with Gasteiger partial charge in [0.05, 0.1) is 0 Å². The third kappa shape index (κ3) is 2.65. The molecule has 0 amide bonds. The summed E-state index contributed by atoms with van der Waals surface area (Å²) in [5.74, 6) is 2.63. The van der Waals surface area contributed by atoms with Crippen LogP contribution in [-0.4, -0.2) is 0 Å². The second kappa shape index (κ2) is 5.04. The van der Waals surface area contributed by atoms with Crippen LogP contribution >= 0.6 is 0 Å². The zero-order valence-corrected chi connectivity index (χ0v) is 8.98. The minimum Gasteiger partial charge on any atom is -0.381 e. The van der Waals surface area contributed by atoms with E-state index in [4.69, 9.17) is 6.42 Å². The fourth-order valence-electron chi connectivity index (χ4n) is 1.52. The number of hydrogen-bond donors (Lipinski definition) is 1. The first-order valence-electron chi connectivity index (χ1n) is 5.23. The van der Waals surface area contributed by atoms with Gasteiger partial charge in [-0.1, -0.05) is 42.3 Å². The molecule has 1 N–H and O–H groups in total. The van der Waals surface area contributed by atoms with E-state index in [2.05, 4.69) is 23.4 Å². The number of terminal acetylenes is 1. The highest BCUT2D eigenvalue weighted by Gasteiger charge is 1.94. The summed E-state index contributed by atoms with van der Waals surface area (Å²) >= 11 is 0. The number of anilines is 1. The topological polar surface area (TPSA) is 12.0 Å². The smallest absolute Gasteiger partial charge is 0.0400 e. The van der Waals surface area contributed by atoms with Crippen LogP contribution in [0.3, 0.4) is 0 Å². The van der Waals surface area contributed by atoms with Crippen molar-refractivity contribution in [3.8, 4) is 12.3 Å². The monoisotopic (exact) mass is 207 g/mol. The second-order valence-electron chi connectivity index (χ2n) is 3.56. The van der Waals surface area contributed by atoms with Crippen LogP contribution in [0, 0.1) is 12.3 Å². The molecule has 0 aliphatic carbocycles. The van der Waals surface area contributed by atoms with E-state index >= 15 is 0 Å². The molecule has 16 heavy (non-hydrogen) atoms. The Hall–Kier alpha value is -2.20. The molecule has 78 valence electrons. The molecule has 0 aliphatic rings. The molecule has 0 aromatic heterocycles. The zero-order valence-electron chi connectivity index (χ0n) is 8.98. The van der Waals surface area contributed by atoms with E-state index < -0.39 is 0 Å². The lowest BCUT2D eigenvalue weighted by Gasteiger charge is -2.06. The largest absolute Gasteiger partial charge is 0.381 e. The van der Waals surface area contributed by atoms with Gasteiger partial charge in [0.1, 0.15) is 0 Å². The van der Waals surface area contributed by atoms with E-state index in [9.17, 15) is 0 Å². The molecule has 0 heterocycles. The zero-order chi connectivity index (χ0) is 11.2. The van der Waals surface area contributed by atoms with Gasteiger partial charge in [0.25, 0.3) is 0 Å². The lowest BCUT2D eigenvalue weighted by molar-refractivity contribution is 1.15. The molecule has 2 rings (SSSR count). The SMILES string of the molecule is C#Cc1cccc(NCc2ccccc2)c1. The molecule has 0 saturated heterocycles. The van der Waals surface area contributed by atoms with Gasteiger partial charge >= 0.3 is 0 Å². The summed E-state index contributed by atoms with van der Waals surface area (Å²) in [6, 6.07) is 18.2. The first kappa shape index (κ1) is 10.3. The Morgan fingerprint density at radius 3 is 2.56 bits per heavy atom. The van der Waals surface area contributed by atoms with Gasteiger partial charge in [-0.2, -0.15) is 0 Å². The standard InChI is InChI=1S/C15H13N/c1-2-13-9-6-10-15(11-13)16-12-14-7-4-3-5-8-14/h1,3-11,16H,12H2. The van der Waals surface area contributed by atoms with Crippen LogP contribution in [0.15, 0.2) is 54.6 Å². The third-order valence-electron chi connectivity index (χ3n) is 2.37. The van der Waals surface area contributed by atoms with Gasteiger partial charge in [0.15, 0.2) is 0 Å². The van der Waals surface area contributed by atoms with Gasteiger partial charge in [-0.25, -0.2) is 0 Å². The average Bonchev–Trinajstić information content (AvgIpc) is 2.38. The highest BCUT2D eigenvalue weighted by molar-refractivity contribution is 5.50. The van der Waals surface area contributed by atoms with Crippen LogP contribution in [0.5, 0.6) is 0 Å². The Balaban J connectivity index is 2.03. The summed E-state index contributed by atoms with van der Waals surface area (Å²) in [4.78, 5) is 0. The predicted octanol–water partition coefficient (Wildman–Crippen LogP) is 3.28. The lowest BCUT2D eigenvalue weighted by Crippen LogP contribution is -1.98. The highest BCUT2D eigenvalue weighted by atomic mass is 14.9. The highest BCUT2D eigenvalue weighted by Crippen LogP contribution is 2.11. The molecule has 0 bridgehead atoms. The quantitative estimate of drug-likeness (QED) is 0.762. The summed E-state index contributed by atoms with van der Waals surface area (Å²) < 4.78 is 0. The molecule has 1 nitrogen and oxygen atoms in total. The molecule has 0 radical (unpaired) electrons. The van der Waals surface area contributed by atoms with E-state index in [0.29, 0.717) is 0 Å². The van der Waals surface area contributed by atoms with Crippen LogP contribution in [0.4, 0.5) is 5.69 Å². The van der Waals surface area contributed by atoms with E-state index in [0.717, 1.165) is 17.8 Å². The molecule has 0 atom stereocenters. The predicted molar refractivity (Wildman–Crippen MR) is 68.1 cm³/mol. The van der Waals surface area contributed by atoms with Crippen molar-refractivity contribution >= 4 is 5.69 Å². The van der Waals surface area contributed by atoms with E-state index in [1.54, 1.807) is 0 Å². The minimum absolute atomic E-state index is 0.814. The van der Waals surface area contributed by atoms with Crippen LogP contribution in [0.25, 0.3) is 0 Å². The Bertz CT molecular complexity index is 494. The van der Waals surface area contributed by atoms with Gasteiger partial charge in [0.2, 0.25) is 0 Å². The number of benzene rings is 2. The Kier molecular flexibility index (Phi) is 3.25.